The molecule has 3 heterocycles. The summed E-state index contributed by atoms with van der Waals surface area (Å²) in [6, 6.07) is 5.80. The molecule has 1 fully saturated rings. The largest absolute Gasteiger partial charge is 0.454 e. The first kappa shape index (κ1) is 15.9. The third-order valence-electron chi connectivity index (χ3n) is 4.67. The molecule has 0 radical (unpaired) electrons. The molecule has 1 atom stereocenters. The average molecular weight is 343 g/mol. The fourth-order valence-corrected chi connectivity index (χ4v) is 3.17. The number of piperidine rings is 1. The molecule has 2 aliphatic heterocycles. The van der Waals surface area contributed by atoms with Crippen LogP contribution >= 0.6 is 0 Å². The minimum Gasteiger partial charge on any atom is -0.454 e. The second kappa shape index (κ2) is 6.72. The van der Waals surface area contributed by atoms with Crippen LogP contribution in [0.2, 0.25) is 0 Å². The average Bonchev–Trinajstić information content (AvgIpc) is 3.31. The highest BCUT2D eigenvalue weighted by molar-refractivity contribution is 5.92. The van der Waals surface area contributed by atoms with Gasteiger partial charge in [0.1, 0.15) is 0 Å². The molecule has 2 aliphatic rings. The van der Waals surface area contributed by atoms with Gasteiger partial charge in [0.15, 0.2) is 17.2 Å². The van der Waals surface area contributed by atoms with Crippen LogP contribution in [0.1, 0.15) is 47.9 Å². The summed E-state index contributed by atoms with van der Waals surface area (Å²) in [6.07, 6.45) is 3.73. The molecule has 25 heavy (non-hydrogen) atoms. The number of amides is 1. The SMILES string of the molecule is CC(NC(=O)c1cn(C2CCNCC2)nn1)c1ccc2c(c1)OCO2. The van der Waals surface area contributed by atoms with Crippen molar-refractivity contribution in [2.45, 2.75) is 31.8 Å². The standard InChI is InChI=1S/C17H21N5O3/c1-11(12-2-3-15-16(8-12)25-10-24-15)19-17(23)14-9-22(21-20-14)13-4-6-18-7-5-13/h2-3,8-9,11,13,18H,4-7,10H2,1H3,(H,19,23). The van der Waals surface area contributed by atoms with Crippen LogP contribution in [0.4, 0.5) is 0 Å². The highest BCUT2D eigenvalue weighted by Gasteiger charge is 2.21. The predicted octanol–water partition coefficient (Wildman–Crippen LogP) is 1.42. The van der Waals surface area contributed by atoms with Crippen molar-refractivity contribution in [2.75, 3.05) is 19.9 Å². The molecule has 2 aromatic rings. The van der Waals surface area contributed by atoms with Gasteiger partial charge in [0, 0.05) is 0 Å². The Labute approximate surface area is 145 Å². The number of ether oxygens (including phenoxy) is 2. The first-order chi connectivity index (χ1) is 12.2. The number of aromatic nitrogens is 3. The van der Waals surface area contributed by atoms with Gasteiger partial charge < -0.3 is 20.1 Å². The Balaban J connectivity index is 1.42. The first-order valence-corrected chi connectivity index (χ1v) is 8.53. The lowest BCUT2D eigenvalue weighted by atomic mass is 10.1. The zero-order valence-corrected chi connectivity index (χ0v) is 14.1. The molecule has 0 spiro atoms. The molecule has 1 amide bonds. The smallest absolute Gasteiger partial charge is 0.273 e. The van der Waals surface area contributed by atoms with Crippen LogP contribution in [-0.4, -0.2) is 40.8 Å². The van der Waals surface area contributed by atoms with Crippen LogP contribution in [-0.2, 0) is 0 Å². The van der Waals surface area contributed by atoms with Crippen LogP contribution in [0.5, 0.6) is 11.5 Å². The molecule has 2 N–H and O–H groups in total. The van der Waals surface area contributed by atoms with Gasteiger partial charge >= 0.3 is 0 Å². The van der Waals surface area contributed by atoms with Gasteiger partial charge in [0.2, 0.25) is 6.79 Å². The summed E-state index contributed by atoms with van der Waals surface area (Å²) in [5, 5.41) is 14.4. The number of hydrogen-bond acceptors (Lipinski definition) is 6. The third-order valence-corrected chi connectivity index (χ3v) is 4.67. The van der Waals surface area contributed by atoms with Crippen LogP contribution < -0.4 is 20.1 Å². The van der Waals surface area contributed by atoms with Crippen molar-refractivity contribution in [1.29, 1.82) is 0 Å². The van der Waals surface area contributed by atoms with E-state index in [-0.39, 0.29) is 18.7 Å². The van der Waals surface area contributed by atoms with Gasteiger partial charge in [0.05, 0.1) is 18.3 Å². The zero-order valence-electron chi connectivity index (χ0n) is 14.1. The Kier molecular flexibility index (Phi) is 4.27. The Morgan fingerprint density at radius 1 is 1.32 bits per heavy atom. The van der Waals surface area contributed by atoms with Crippen molar-refractivity contribution in [2.24, 2.45) is 0 Å². The quantitative estimate of drug-likeness (QED) is 0.873. The molecule has 8 heteroatoms. The van der Waals surface area contributed by atoms with Crippen molar-refractivity contribution in [3.8, 4) is 11.5 Å². The molecular formula is C17H21N5O3. The maximum atomic E-state index is 12.5. The van der Waals surface area contributed by atoms with Gasteiger partial charge in [-0.2, -0.15) is 0 Å². The van der Waals surface area contributed by atoms with Gasteiger partial charge in [-0.15, -0.1) is 5.10 Å². The molecule has 8 nitrogen and oxygen atoms in total. The highest BCUT2D eigenvalue weighted by Crippen LogP contribution is 2.34. The summed E-state index contributed by atoms with van der Waals surface area (Å²) in [4.78, 5) is 12.5. The first-order valence-electron chi connectivity index (χ1n) is 8.53. The van der Waals surface area contributed by atoms with E-state index in [1.807, 2.05) is 25.1 Å². The molecule has 1 saturated heterocycles. The molecule has 132 valence electrons. The van der Waals surface area contributed by atoms with Gasteiger partial charge in [-0.1, -0.05) is 11.3 Å². The molecule has 1 aromatic heterocycles. The number of benzene rings is 1. The van der Waals surface area contributed by atoms with Crippen molar-refractivity contribution >= 4 is 5.91 Å². The number of carbonyl (C=O) groups excluding carboxylic acids is 1. The zero-order chi connectivity index (χ0) is 17.2. The van der Waals surface area contributed by atoms with Gasteiger partial charge in [0.25, 0.3) is 5.91 Å². The number of fused-ring (bicyclic) bond motifs is 1. The maximum absolute atomic E-state index is 12.5. The topological polar surface area (TPSA) is 90.3 Å². The van der Waals surface area contributed by atoms with Crippen LogP contribution in [0.3, 0.4) is 0 Å². The summed E-state index contributed by atoms with van der Waals surface area (Å²) in [6.45, 7) is 4.09. The highest BCUT2D eigenvalue weighted by atomic mass is 16.7. The summed E-state index contributed by atoms with van der Waals surface area (Å²) in [5.41, 5.74) is 1.29. The minimum atomic E-state index is -0.231. The molecule has 1 aromatic carbocycles. The summed E-state index contributed by atoms with van der Waals surface area (Å²) in [7, 11) is 0. The molecule has 1 unspecified atom stereocenters. The number of nitrogens with one attached hydrogen (secondary N) is 2. The van der Waals surface area contributed by atoms with E-state index in [2.05, 4.69) is 20.9 Å². The van der Waals surface area contributed by atoms with Crippen LogP contribution in [0.15, 0.2) is 24.4 Å². The fraction of sp³-hybridized carbons (Fsp3) is 0.471. The number of nitrogens with zero attached hydrogens (tertiary/aromatic N) is 3. The van der Waals surface area contributed by atoms with Crippen molar-refractivity contribution in [3.05, 3.63) is 35.7 Å². The maximum Gasteiger partial charge on any atom is 0.273 e. The van der Waals surface area contributed by atoms with E-state index in [0.717, 1.165) is 37.2 Å². The van der Waals surface area contributed by atoms with Gasteiger partial charge in [-0.3, -0.25) is 4.79 Å². The van der Waals surface area contributed by atoms with E-state index in [0.29, 0.717) is 17.5 Å². The van der Waals surface area contributed by atoms with Gasteiger partial charge in [-0.25, -0.2) is 4.68 Å². The summed E-state index contributed by atoms with van der Waals surface area (Å²) < 4.78 is 12.5. The Bertz CT molecular complexity index is 769. The lowest BCUT2D eigenvalue weighted by Gasteiger charge is -2.22. The predicted molar refractivity (Wildman–Crippen MR) is 89.6 cm³/mol. The summed E-state index contributed by atoms with van der Waals surface area (Å²) in [5.74, 6) is 1.20. The third kappa shape index (κ3) is 3.30. The van der Waals surface area contributed by atoms with Crippen LogP contribution in [0.25, 0.3) is 0 Å². The van der Waals surface area contributed by atoms with Crippen molar-refractivity contribution < 1.29 is 14.3 Å². The Hall–Kier alpha value is -2.61. The molecule has 4 rings (SSSR count). The van der Waals surface area contributed by atoms with Crippen molar-refractivity contribution in [3.63, 3.8) is 0 Å². The molecule has 0 bridgehead atoms. The second-order valence-corrected chi connectivity index (χ2v) is 6.37. The fourth-order valence-electron chi connectivity index (χ4n) is 3.17. The van der Waals surface area contributed by atoms with Crippen LogP contribution in [0, 0.1) is 0 Å². The lowest BCUT2D eigenvalue weighted by molar-refractivity contribution is 0.0934. The van der Waals surface area contributed by atoms with E-state index in [4.69, 9.17) is 9.47 Å². The van der Waals surface area contributed by atoms with Crippen molar-refractivity contribution in [1.82, 2.24) is 25.6 Å². The minimum absolute atomic E-state index is 0.175. The molecule has 0 saturated carbocycles. The van der Waals surface area contributed by atoms with E-state index in [9.17, 15) is 4.79 Å². The Morgan fingerprint density at radius 2 is 2.12 bits per heavy atom. The summed E-state index contributed by atoms with van der Waals surface area (Å²) >= 11 is 0. The van der Waals surface area contributed by atoms with E-state index < -0.39 is 0 Å². The van der Waals surface area contributed by atoms with E-state index >= 15 is 0 Å². The molecular weight excluding hydrogens is 322 g/mol. The van der Waals surface area contributed by atoms with E-state index in [1.54, 1.807) is 10.9 Å². The number of carbonyl (C=O) groups is 1. The normalized spacial score (nSPS) is 18.1. The monoisotopic (exact) mass is 343 g/mol. The number of hydrogen-bond donors (Lipinski definition) is 2. The van der Waals surface area contributed by atoms with Gasteiger partial charge in [-0.05, 0) is 50.6 Å². The Morgan fingerprint density at radius 3 is 2.96 bits per heavy atom. The van der Waals surface area contributed by atoms with E-state index in [1.165, 1.54) is 0 Å². The molecule has 0 aliphatic carbocycles. The second-order valence-electron chi connectivity index (χ2n) is 6.37. The number of rotatable bonds is 4. The lowest BCUT2D eigenvalue weighted by Crippen LogP contribution is -2.29.